The minimum absolute atomic E-state index is 0.0130. The molecule has 100 valence electrons. The lowest BCUT2D eigenvalue weighted by Gasteiger charge is -2.19. The molecule has 0 aromatic heterocycles. The van der Waals surface area contributed by atoms with Gasteiger partial charge in [-0.05, 0) is 40.8 Å². The van der Waals surface area contributed by atoms with Gasteiger partial charge in [0.2, 0.25) is 0 Å². The van der Waals surface area contributed by atoms with Crippen LogP contribution in [0.15, 0.2) is 24.3 Å². The number of rotatable bonds is 4. The molecular formula is C9H6F2IO5S-. The van der Waals surface area contributed by atoms with E-state index >= 15 is 0 Å². The molecule has 0 radical (unpaired) electrons. The molecule has 0 aliphatic carbocycles. The Bertz CT molecular complexity index is 558. The van der Waals surface area contributed by atoms with E-state index in [9.17, 15) is 26.5 Å². The highest BCUT2D eigenvalue weighted by molar-refractivity contribution is 14.1. The van der Waals surface area contributed by atoms with Crippen LogP contribution in [0, 0.1) is 3.57 Å². The molecule has 1 rings (SSSR count). The summed E-state index contributed by atoms with van der Waals surface area (Å²) in [5, 5.41) is -4.63. The van der Waals surface area contributed by atoms with E-state index in [-0.39, 0.29) is 5.56 Å². The van der Waals surface area contributed by atoms with Crippen LogP contribution in [-0.2, 0) is 14.9 Å². The minimum atomic E-state index is -5.85. The standard InChI is InChI=1S/C9H7F2IO5S/c10-9(11,18(14,15)16)5-17-8(13)6-2-1-3-7(12)4-6/h1-4H,5H2,(H,14,15,16)/p-1. The van der Waals surface area contributed by atoms with Crippen LogP contribution in [0.5, 0.6) is 0 Å². The Balaban J connectivity index is 2.74. The van der Waals surface area contributed by atoms with E-state index < -0.39 is 27.9 Å². The van der Waals surface area contributed by atoms with E-state index in [0.29, 0.717) is 3.57 Å². The fourth-order valence-corrected chi connectivity index (χ4v) is 1.67. The number of hydrogen-bond acceptors (Lipinski definition) is 5. The van der Waals surface area contributed by atoms with Crippen LogP contribution < -0.4 is 0 Å². The predicted molar refractivity (Wildman–Crippen MR) is 64.1 cm³/mol. The first-order chi connectivity index (χ1) is 8.13. The van der Waals surface area contributed by atoms with Crippen LogP contribution in [0.2, 0.25) is 0 Å². The number of hydrogen-bond donors (Lipinski definition) is 0. The lowest BCUT2D eigenvalue weighted by atomic mass is 10.2. The van der Waals surface area contributed by atoms with E-state index in [0.717, 1.165) is 0 Å². The van der Waals surface area contributed by atoms with Crippen LogP contribution in [0.3, 0.4) is 0 Å². The van der Waals surface area contributed by atoms with Crippen molar-refractivity contribution in [3.05, 3.63) is 33.4 Å². The molecule has 18 heavy (non-hydrogen) atoms. The van der Waals surface area contributed by atoms with E-state index in [4.69, 9.17) is 0 Å². The highest BCUT2D eigenvalue weighted by Gasteiger charge is 2.39. The SMILES string of the molecule is O=C(OCC(F)(F)S(=O)(=O)[O-])c1cccc(I)c1. The maximum absolute atomic E-state index is 12.7. The molecule has 0 atom stereocenters. The summed E-state index contributed by atoms with van der Waals surface area (Å²) in [6.07, 6.45) is 0. The van der Waals surface area contributed by atoms with Crippen molar-refractivity contribution >= 4 is 38.7 Å². The maximum Gasteiger partial charge on any atom is 0.367 e. The van der Waals surface area contributed by atoms with Gasteiger partial charge in [0.1, 0.15) is 0 Å². The van der Waals surface area contributed by atoms with Crippen molar-refractivity contribution in [2.45, 2.75) is 5.25 Å². The second-order valence-corrected chi connectivity index (χ2v) is 5.93. The predicted octanol–water partition coefficient (Wildman–Crippen LogP) is 1.59. The Morgan fingerprint density at radius 3 is 2.56 bits per heavy atom. The molecule has 5 nitrogen and oxygen atoms in total. The lowest BCUT2D eigenvalue weighted by Crippen LogP contribution is -2.34. The largest absolute Gasteiger partial charge is 0.743 e. The summed E-state index contributed by atoms with van der Waals surface area (Å²) in [4.78, 5) is 11.3. The van der Waals surface area contributed by atoms with Gasteiger partial charge in [-0.2, -0.15) is 8.78 Å². The average Bonchev–Trinajstić information content (AvgIpc) is 2.24. The second kappa shape index (κ2) is 5.45. The first-order valence-corrected chi connectivity index (χ1v) is 6.88. The number of carbonyl (C=O) groups excluding carboxylic acids is 1. The van der Waals surface area contributed by atoms with Crippen LogP contribution >= 0.6 is 22.6 Å². The van der Waals surface area contributed by atoms with Crippen molar-refractivity contribution in [2.75, 3.05) is 6.61 Å². The molecule has 0 aliphatic heterocycles. The summed E-state index contributed by atoms with van der Waals surface area (Å²) in [6, 6.07) is 5.84. The molecule has 0 aliphatic rings. The fraction of sp³-hybridized carbons (Fsp3) is 0.222. The van der Waals surface area contributed by atoms with Crippen molar-refractivity contribution in [1.29, 1.82) is 0 Å². The number of halogens is 3. The van der Waals surface area contributed by atoms with Gasteiger partial charge >= 0.3 is 11.2 Å². The third-order valence-electron chi connectivity index (χ3n) is 1.80. The number of benzene rings is 1. The maximum atomic E-state index is 12.7. The van der Waals surface area contributed by atoms with E-state index in [1.54, 1.807) is 6.07 Å². The zero-order valence-corrected chi connectivity index (χ0v) is 11.6. The summed E-state index contributed by atoms with van der Waals surface area (Å²) in [7, 11) is -5.85. The molecule has 0 saturated carbocycles. The number of ether oxygens (including phenoxy) is 1. The minimum Gasteiger partial charge on any atom is -0.743 e. The van der Waals surface area contributed by atoms with Crippen molar-refractivity contribution < 1.29 is 31.3 Å². The van der Waals surface area contributed by atoms with E-state index in [1.807, 2.05) is 22.6 Å². The molecule has 0 N–H and O–H groups in total. The van der Waals surface area contributed by atoms with Gasteiger partial charge in [0.15, 0.2) is 16.7 Å². The molecule has 0 spiro atoms. The molecular weight excluding hydrogens is 385 g/mol. The fourth-order valence-electron chi connectivity index (χ4n) is 0.921. The summed E-state index contributed by atoms with van der Waals surface area (Å²) in [5.74, 6) is -1.13. The monoisotopic (exact) mass is 391 g/mol. The smallest absolute Gasteiger partial charge is 0.367 e. The summed E-state index contributed by atoms with van der Waals surface area (Å²) < 4.78 is 60.7. The van der Waals surface area contributed by atoms with Crippen molar-refractivity contribution in [1.82, 2.24) is 0 Å². The van der Waals surface area contributed by atoms with Crippen LogP contribution in [-0.4, -0.2) is 30.8 Å². The molecule has 1 aromatic rings. The Kier molecular flexibility index (Phi) is 4.61. The van der Waals surface area contributed by atoms with Gasteiger partial charge < -0.3 is 9.29 Å². The summed E-state index contributed by atoms with van der Waals surface area (Å²) in [5.41, 5.74) is -0.0130. The number of alkyl halides is 2. The normalized spacial score (nSPS) is 12.2. The summed E-state index contributed by atoms with van der Waals surface area (Å²) in [6.45, 7) is -1.80. The molecule has 1 aromatic carbocycles. The Morgan fingerprint density at radius 2 is 2.06 bits per heavy atom. The average molecular weight is 391 g/mol. The van der Waals surface area contributed by atoms with Gasteiger partial charge in [-0.15, -0.1) is 0 Å². The molecule has 0 amide bonds. The van der Waals surface area contributed by atoms with Gasteiger partial charge in [-0.25, -0.2) is 13.2 Å². The molecule has 0 saturated heterocycles. The topological polar surface area (TPSA) is 83.5 Å². The van der Waals surface area contributed by atoms with Crippen LogP contribution in [0.1, 0.15) is 10.4 Å². The van der Waals surface area contributed by atoms with E-state index in [1.165, 1.54) is 18.2 Å². The van der Waals surface area contributed by atoms with Gasteiger partial charge in [0.05, 0.1) is 5.56 Å². The molecule has 0 bridgehead atoms. The third kappa shape index (κ3) is 3.85. The van der Waals surface area contributed by atoms with Crippen LogP contribution in [0.25, 0.3) is 0 Å². The molecule has 0 heterocycles. The molecule has 0 fully saturated rings. The van der Waals surface area contributed by atoms with Gasteiger partial charge in [-0.1, -0.05) is 6.07 Å². The number of esters is 1. The lowest BCUT2D eigenvalue weighted by molar-refractivity contribution is -0.00997. The Labute approximate surface area is 115 Å². The van der Waals surface area contributed by atoms with Crippen molar-refractivity contribution in [3.8, 4) is 0 Å². The first-order valence-electron chi connectivity index (χ1n) is 4.39. The van der Waals surface area contributed by atoms with Gasteiger partial charge in [0.25, 0.3) is 0 Å². The highest BCUT2D eigenvalue weighted by atomic mass is 127. The zero-order chi connectivity index (χ0) is 14.0. The van der Waals surface area contributed by atoms with Crippen LogP contribution in [0.4, 0.5) is 8.78 Å². The van der Waals surface area contributed by atoms with Crippen molar-refractivity contribution in [3.63, 3.8) is 0 Å². The van der Waals surface area contributed by atoms with Gasteiger partial charge in [-0.3, -0.25) is 0 Å². The third-order valence-corrected chi connectivity index (χ3v) is 3.32. The molecule has 9 heteroatoms. The molecule has 0 unspecified atom stereocenters. The highest BCUT2D eigenvalue weighted by Crippen LogP contribution is 2.21. The first kappa shape index (κ1) is 15.2. The Morgan fingerprint density at radius 1 is 1.44 bits per heavy atom. The summed E-state index contributed by atoms with van der Waals surface area (Å²) >= 11 is 1.89. The van der Waals surface area contributed by atoms with E-state index in [2.05, 4.69) is 4.74 Å². The van der Waals surface area contributed by atoms with Gasteiger partial charge in [0, 0.05) is 3.57 Å². The van der Waals surface area contributed by atoms with Crippen molar-refractivity contribution in [2.24, 2.45) is 0 Å². The zero-order valence-electron chi connectivity index (χ0n) is 8.60. The quantitative estimate of drug-likeness (QED) is 0.442. The number of carbonyl (C=O) groups is 1. The second-order valence-electron chi connectivity index (χ2n) is 3.18. The Hall–Kier alpha value is -0.810.